The van der Waals surface area contributed by atoms with Gasteiger partial charge in [-0.3, -0.25) is 4.79 Å². The summed E-state index contributed by atoms with van der Waals surface area (Å²) in [4.78, 5) is 13.9. The van der Waals surface area contributed by atoms with Gasteiger partial charge in [0.25, 0.3) is 0 Å². The van der Waals surface area contributed by atoms with Crippen molar-refractivity contribution in [2.24, 2.45) is 0 Å². The average Bonchev–Trinajstić information content (AvgIpc) is 2.24. The number of hydrogen-bond acceptors (Lipinski definition) is 3. The molecule has 0 saturated carbocycles. The largest absolute Gasteiger partial charge is 0.380 e. The lowest BCUT2D eigenvalue weighted by Crippen LogP contribution is -2.61. The molecule has 0 atom stereocenters. The van der Waals surface area contributed by atoms with Crippen molar-refractivity contribution in [2.75, 3.05) is 32.8 Å². The minimum atomic E-state index is -0.415. The average molecular weight is 228 g/mol. The third-order valence-corrected chi connectivity index (χ3v) is 2.92. The maximum atomic E-state index is 12.0. The molecule has 1 saturated heterocycles. The number of hydrogen-bond donors (Lipinski definition) is 1. The predicted molar refractivity (Wildman–Crippen MR) is 64.4 cm³/mol. The summed E-state index contributed by atoms with van der Waals surface area (Å²) in [6, 6.07) is 0. The third-order valence-electron chi connectivity index (χ3n) is 2.92. The molecule has 1 aliphatic heterocycles. The Hall–Kier alpha value is -0.610. The fraction of sp³-hybridized carbons (Fsp3) is 0.917. The molecule has 1 N–H and O–H groups in total. The molecule has 1 heterocycles. The number of piperazine rings is 1. The Kier molecular flexibility index (Phi) is 5.22. The van der Waals surface area contributed by atoms with E-state index in [1.54, 1.807) is 0 Å². The fourth-order valence-electron chi connectivity index (χ4n) is 1.81. The van der Waals surface area contributed by atoms with Crippen LogP contribution >= 0.6 is 0 Å². The van der Waals surface area contributed by atoms with Crippen molar-refractivity contribution in [1.82, 2.24) is 10.2 Å². The molecule has 0 bridgehead atoms. The normalized spacial score (nSPS) is 20.2. The number of carbonyl (C=O) groups is 1. The standard InChI is InChI=1S/C12H24N2O2/c1-4-5-9-16-10-8-14-7-6-13-12(2,3)11(14)15/h13H,4-10H2,1-3H3. The Bertz CT molecular complexity index is 229. The molecular weight excluding hydrogens is 204 g/mol. The number of carbonyl (C=O) groups excluding carboxylic acids is 1. The minimum absolute atomic E-state index is 0.179. The van der Waals surface area contributed by atoms with Gasteiger partial charge in [0.05, 0.1) is 12.1 Å². The number of rotatable bonds is 6. The predicted octanol–water partition coefficient (Wildman–Crippen LogP) is 1.01. The highest BCUT2D eigenvalue weighted by atomic mass is 16.5. The molecule has 4 nitrogen and oxygen atoms in total. The second-order valence-electron chi connectivity index (χ2n) is 4.81. The minimum Gasteiger partial charge on any atom is -0.380 e. The van der Waals surface area contributed by atoms with Crippen LogP contribution < -0.4 is 5.32 Å². The lowest BCUT2D eigenvalue weighted by atomic mass is 10.0. The Morgan fingerprint density at radius 3 is 2.88 bits per heavy atom. The summed E-state index contributed by atoms with van der Waals surface area (Å²) in [6.07, 6.45) is 2.25. The van der Waals surface area contributed by atoms with Crippen molar-refractivity contribution in [3.05, 3.63) is 0 Å². The zero-order valence-corrected chi connectivity index (χ0v) is 10.7. The van der Waals surface area contributed by atoms with Gasteiger partial charge in [0.2, 0.25) is 5.91 Å². The number of nitrogens with one attached hydrogen (secondary N) is 1. The van der Waals surface area contributed by atoms with Crippen LogP contribution in [0.3, 0.4) is 0 Å². The Balaban J connectivity index is 2.23. The van der Waals surface area contributed by atoms with E-state index in [0.717, 1.165) is 32.5 Å². The Morgan fingerprint density at radius 2 is 2.19 bits per heavy atom. The highest BCUT2D eigenvalue weighted by molar-refractivity contribution is 5.86. The van der Waals surface area contributed by atoms with Gasteiger partial charge in [-0.05, 0) is 20.3 Å². The molecule has 4 heteroatoms. The summed E-state index contributed by atoms with van der Waals surface area (Å²) in [7, 11) is 0. The molecule has 94 valence electrons. The molecule has 1 fully saturated rings. The van der Waals surface area contributed by atoms with Gasteiger partial charge in [-0.15, -0.1) is 0 Å². The molecule has 1 aliphatic rings. The molecule has 16 heavy (non-hydrogen) atoms. The summed E-state index contributed by atoms with van der Waals surface area (Å²) in [6.45, 7) is 9.84. The lowest BCUT2D eigenvalue weighted by Gasteiger charge is -2.38. The van der Waals surface area contributed by atoms with E-state index >= 15 is 0 Å². The maximum Gasteiger partial charge on any atom is 0.242 e. The van der Waals surface area contributed by atoms with E-state index in [4.69, 9.17) is 4.74 Å². The van der Waals surface area contributed by atoms with E-state index in [2.05, 4.69) is 12.2 Å². The topological polar surface area (TPSA) is 41.6 Å². The van der Waals surface area contributed by atoms with Crippen LogP contribution in [0.25, 0.3) is 0 Å². The molecule has 0 aromatic carbocycles. The van der Waals surface area contributed by atoms with Crippen molar-refractivity contribution >= 4 is 5.91 Å². The van der Waals surface area contributed by atoms with Crippen LogP contribution in [0.1, 0.15) is 33.6 Å². The smallest absolute Gasteiger partial charge is 0.242 e. The summed E-state index contributed by atoms with van der Waals surface area (Å²) in [5.41, 5.74) is -0.415. The second kappa shape index (κ2) is 6.21. The van der Waals surface area contributed by atoms with Crippen LogP contribution in [0.15, 0.2) is 0 Å². The van der Waals surface area contributed by atoms with Crippen LogP contribution in [0.5, 0.6) is 0 Å². The quantitative estimate of drug-likeness (QED) is 0.690. The van der Waals surface area contributed by atoms with E-state index in [9.17, 15) is 4.79 Å². The molecule has 1 amide bonds. The molecular formula is C12H24N2O2. The number of unbranched alkanes of at least 4 members (excludes halogenated alkanes) is 1. The van der Waals surface area contributed by atoms with E-state index in [1.807, 2.05) is 18.7 Å². The van der Waals surface area contributed by atoms with E-state index < -0.39 is 5.54 Å². The lowest BCUT2D eigenvalue weighted by molar-refractivity contribution is -0.140. The highest BCUT2D eigenvalue weighted by Gasteiger charge is 2.34. The van der Waals surface area contributed by atoms with Gasteiger partial charge in [-0.25, -0.2) is 0 Å². The van der Waals surface area contributed by atoms with Crippen molar-refractivity contribution in [2.45, 2.75) is 39.2 Å². The van der Waals surface area contributed by atoms with Gasteiger partial charge >= 0.3 is 0 Å². The first-order valence-electron chi connectivity index (χ1n) is 6.20. The van der Waals surface area contributed by atoms with Crippen LogP contribution in [0.4, 0.5) is 0 Å². The van der Waals surface area contributed by atoms with Gasteiger partial charge in [-0.2, -0.15) is 0 Å². The Labute approximate surface area is 98.3 Å². The SMILES string of the molecule is CCCCOCCN1CCNC(C)(C)C1=O. The van der Waals surface area contributed by atoms with Gasteiger partial charge < -0.3 is 15.0 Å². The van der Waals surface area contributed by atoms with Crippen LogP contribution in [-0.4, -0.2) is 49.2 Å². The molecule has 0 radical (unpaired) electrons. The van der Waals surface area contributed by atoms with Gasteiger partial charge in [-0.1, -0.05) is 13.3 Å². The van der Waals surface area contributed by atoms with Crippen LogP contribution in [0, 0.1) is 0 Å². The molecule has 0 spiro atoms. The molecule has 0 aliphatic carbocycles. The first-order valence-corrected chi connectivity index (χ1v) is 6.20. The number of amides is 1. The zero-order chi connectivity index (χ0) is 12.0. The van der Waals surface area contributed by atoms with Crippen molar-refractivity contribution < 1.29 is 9.53 Å². The fourth-order valence-corrected chi connectivity index (χ4v) is 1.81. The third kappa shape index (κ3) is 3.76. The summed E-state index contributed by atoms with van der Waals surface area (Å²) in [5.74, 6) is 0.179. The van der Waals surface area contributed by atoms with Crippen molar-refractivity contribution in [3.63, 3.8) is 0 Å². The molecule has 0 aromatic heterocycles. The van der Waals surface area contributed by atoms with E-state index in [0.29, 0.717) is 13.2 Å². The highest BCUT2D eigenvalue weighted by Crippen LogP contribution is 2.11. The number of nitrogens with zero attached hydrogens (tertiary/aromatic N) is 1. The summed E-state index contributed by atoms with van der Waals surface area (Å²) in [5, 5.41) is 3.22. The van der Waals surface area contributed by atoms with Crippen molar-refractivity contribution in [1.29, 1.82) is 0 Å². The van der Waals surface area contributed by atoms with Crippen LogP contribution in [-0.2, 0) is 9.53 Å². The summed E-state index contributed by atoms with van der Waals surface area (Å²) < 4.78 is 5.48. The van der Waals surface area contributed by atoms with Gasteiger partial charge in [0.15, 0.2) is 0 Å². The van der Waals surface area contributed by atoms with Crippen molar-refractivity contribution in [3.8, 4) is 0 Å². The molecule has 1 rings (SSSR count). The Morgan fingerprint density at radius 1 is 1.44 bits per heavy atom. The van der Waals surface area contributed by atoms with Gasteiger partial charge in [0, 0.05) is 26.2 Å². The summed E-state index contributed by atoms with van der Waals surface area (Å²) >= 11 is 0. The number of ether oxygens (including phenoxy) is 1. The maximum absolute atomic E-state index is 12.0. The first-order chi connectivity index (χ1) is 7.58. The molecule has 0 unspecified atom stereocenters. The van der Waals surface area contributed by atoms with E-state index in [-0.39, 0.29) is 5.91 Å². The second-order valence-corrected chi connectivity index (χ2v) is 4.81. The molecule has 0 aromatic rings. The zero-order valence-electron chi connectivity index (χ0n) is 10.7. The monoisotopic (exact) mass is 228 g/mol. The van der Waals surface area contributed by atoms with Crippen LogP contribution in [0.2, 0.25) is 0 Å². The first kappa shape index (κ1) is 13.5. The van der Waals surface area contributed by atoms with Gasteiger partial charge in [0.1, 0.15) is 0 Å². The van der Waals surface area contributed by atoms with E-state index in [1.165, 1.54) is 0 Å².